The van der Waals surface area contributed by atoms with Gasteiger partial charge in [0.05, 0.1) is 6.10 Å². The number of aliphatic hydroxyl groups excluding tert-OH is 1. The maximum absolute atomic E-state index is 9.94. The van der Waals surface area contributed by atoms with Crippen LogP contribution in [0, 0.1) is 0 Å². The molecule has 92 valence electrons. The molecule has 2 N–H and O–H groups in total. The van der Waals surface area contributed by atoms with E-state index in [4.69, 9.17) is 4.74 Å². The Morgan fingerprint density at radius 3 is 3.00 bits per heavy atom. The molecule has 0 saturated carbocycles. The summed E-state index contributed by atoms with van der Waals surface area (Å²) in [5.41, 5.74) is 1.21. The molecule has 3 rings (SSSR count). The van der Waals surface area contributed by atoms with Gasteiger partial charge in [0.1, 0.15) is 12.4 Å². The number of fused-ring (bicyclic) bond motifs is 1. The molecule has 2 aliphatic heterocycles. The monoisotopic (exact) mass is 234 g/mol. The second kappa shape index (κ2) is 4.64. The first kappa shape index (κ1) is 11.0. The van der Waals surface area contributed by atoms with Gasteiger partial charge in [-0.3, -0.25) is 4.90 Å². The predicted octanol–water partition coefficient (Wildman–Crippen LogP) is 0.214. The van der Waals surface area contributed by atoms with Crippen LogP contribution in [0.4, 0.5) is 0 Å². The van der Waals surface area contributed by atoms with Crippen molar-refractivity contribution in [1.29, 1.82) is 0 Å². The number of nitrogens with one attached hydrogen (secondary N) is 1. The highest BCUT2D eigenvalue weighted by Gasteiger charge is 2.31. The average Bonchev–Trinajstić information content (AvgIpc) is 2.65. The van der Waals surface area contributed by atoms with Crippen molar-refractivity contribution in [2.75, 3.05) is 26.2 Å². The van der Waals surface area contributed by atoms with Crippen LogP contribution < -0.4 is 10.1 Å². The molecular formula is C13H18N2O2. The molecule has 2 aliphatic rings. The molecule has 1 saturated heterocycles. The van der Waals surface area contributed by atoms with Gasteiger partial charge < -0.3 is 15.2 Å². The number of β-amino-alcohol motifs (C(OH)–C–C–N with tert-alkyl or cyclic N) is 1. The predicted molar refractivity (Wildman–Crippen MR) is 65.0 cm³/mol. The normalized spacial score (nSPS) is 29.5. The van der Waals surface area contributed by atoms with E-state index in [1.807, 2.05) is 18.2 Å². The van der Waals surface area contributed by atoms with Crippen molar-refractivity contribution in [2.24, 2.45) is 0 Å². The van der Waals surface area contributed by atoms with Gasteiger partial charge in [-0.05, 0) is 6.07 Å². The summed E-state index contributed by atoms with van der Waals surface area (Å²) in [6, 6.07) is 8.37. The Morgan fingerprint density at radius 2 is 2.18 bits per heavy atom. The molecular weight excluding hydrogens is 216 g/mol. The molecule has 2 heterocycles. The van der Waals surface area contributed by atoms with E-state index in [9.17, 15) is 5.11 Å². The van der Waals surface area contributed by atoms with Gasteiger partial charge in [-0.15, -0.1) is 0 Å². The molecule has 0 aliphatic carbocycles. The number of hydrogen-bond donors (Lipinski definition) is 2. The number of nitrogens with zero attached hydrogens (tertiary/aromatic N) is 1. The van der Waals surface area contributed by atoms with Gasteiger partial charge in [0.25, 0.3) is 0 Å². The number of benzene rings is 1. The zero-order chi connectivity index (χ0) is 11.7. The molecule has 1 aromatic carbocycles. The van der Waals surface area contributed by atoms with Gasteiger partial charge in [-0.1, -0.05) is 18.2 Å². The van der Waals surface area contributed by atoms with Gasteiger partial charge in [-0.25, -0.2) is 0 Å². The second-order valence-electron chi connectivity index (χ2n) is 4.72. The fraction of sp³-hybridized carbons (Fsp3) is 0.538. The van der Waals surface area contributed by atoms with Crippen LogP contribution in [-0.4, -0.2) is 48.4 Å². The van der Waals surface area contributed by atoms with E-state index in [0.717, 1.165) is 25.4 Å². The summed E-state index contributed by atoms with van der Waals surface area (Å²) in [4.78, 5) is 2.32. The van der Waals surface area contributed by atoms with Crippen molar-refractivity contribution in [3.05, 3.63) is 29.8 Å². The fourth-order valence-corrected chi connectivity index (χ4v) is 2.65. The minimum absolute atomic E-state index is 0.213. The maximum Gasteiger partial charge on any atom is 0.123 e. The first-order valence-corrected chi connectivity index (χ1v) is 6.18. The third-order valence-corrected chi connectivity index (χ3v) is 3.60. The summed E-state index contributed by atoms with van der Waals surface area (Å²) in [7, 11) is 0. The number of para-hydroxylation sites is 1. The van der Waals surface area contributed by atoms with Crippen LogP contribution in [0.1, 0.15) is 5.56 Å². The van der Waals surface area contributed by atoms with Crippen LogP contribution in [-0.2, 0) is 6.54 Å². The maximum atomic E-state index is 9.94. The fourth-order valence-electron chi connectivity index (χ4n) is 2.65. The van der Waals surface area contributed by atoms with Crippen LogP contribution in [0.5, 0.6) is 5.75 Å². The van der Waals surface area contributed by atoms with Crippen molar-refractivity contribution in [3.8, 4) is 5.75 Å². The van der Waals surface area contributed by atoms with E-state index in [0.29, 0.717) is 13.2 Å². The van der Waals surface area contributed by atoms with Crippen molar-refractivity contribution in [3.63, 3.8) is 0 Å². The molecule has 0 amide bonds. The summed E-state index contributed by atoms with van der Waals surface area (Å²) in [6.07, 6.45) is -0.264. The molecule has 2 unspecified atom stereocenters. The van der Waals surface area contributed by atoms with E-state index < -0.39 is 0 Å². The van der Waals surface area contributed by atoms with Crippen LogP contribution in [0.15, 0.2) is 24.3 Å². The second-order valence-corrected chi connectivity index (χ2v) is 4.72. The Balaban J connectivity index is 1.80. The Morgan fingerprint density at radius 1 is 1.29 bits per heavy atom. The van der Waals surface area contributed by atoms with Gasteiger partial charge in [0.2, 0.25) is 0 Å². The minimum Gasteiger partial charge on any atom is -0.492 e. The van der Waals surface area contributed by atoms with E-state index in [1.165, 1.54) is 5.56 Å². The van der Waals surface area contributed by atoms with Crippen LogP contribution in [0.25, 0.3) is 0 Å². The van der Waals surface area contributed by atoms with Crippen molar-refractivity contribution < 1.29 is 9.84 Å². The highest BCUT2D eigenvalue weighted by atomic mass is 16.5. The molecule has 2 atom stereocenters. The van der Waals surface area contributed by atoms with Crippen molar-refractivity contribution >= 4 is 0 Å². The molecule has 0 bridgehead atoms. The molecule has 17 heavy (non-hydrogen) atoms. The standard InChI is InChI=1S/C13H18N2O2/c16-12-8-14-7-11(12)15-5-6-17-13-4-2-1-3-10(13)9-15/h1-4,11-12,14,16H,5-9H2. The lowest BCUT2D eigenvalue weighted by Gasteiger charge is -2.28. The zero-order valence-electron chi connectivity index (χ0n) is 9.80. The van der Waals surface area contributed by atoms with Crippen molar-refractivity contribution in [1.82, 2.24) is 10.2 Å². The Bertz CT molecular complexity index is 397. The van der Waals surface area contributed by atoms with Gasteiger partial charge in [0.15, 0.2) is 0 Å². The summed E-state index contributed by atoms with van der Waals surface area (Å²) < 4.78 is 5.73. The number of rotatable bonds is 1. The highest BCUT2D eigenvalue weighted by Crippen LogP contribution is 2.24. The Hall–Kier alpha value is -1.10. The summed E-state index contributed by atoms with van der Waals surface area (Å²) in [5, 5.41) is 13.2. The molecule has 1 fully saturated rings. The summed E-state index contributed by atoms with van der Waals surface area (Å²) in [6.45, 7) is 3.99. The topological polar surface area (TPSA) is 44.7 Å². The van der Waals surface area contributed by atoms with Crippen LogP contribution in [0.2, 0.25) is 0 Å². The lowest BCUT2D eigenvalue weighted by Crippen LogP contribution is -2.43. The summed E-state index contributed by atoms with van der Waals surface area (Å²) in [5.74, 6) is 0.982. The minimum atomic E-state index is -0.264. The lowest BCUT2D eigenvalue weighted by molar-refractivity contribution is 0.0744. The number of aliphatic hydroxyl groups is 1. The molecule has 1 aromatic rings. The molecule has 0 radical (unpaired) electrons. The van der Waals surface area contributed by atoms with E-state index >= 15 is 0 Å². The van der Waals surface area contributed by atoms with Gasteiger partial charge in [0, 0.05) is 37.8 Å². The first-order chi connectivity index (χ1) is 8.34. The number of hydrogen-bond acceptors (Lipinski definition) is 4. The molecule has 0 aromatic heterocycles. The third kappa shape index (κ3) is 2.16. The quantitative estimate of drug-likeness (QED) is 0.729. The highest BCUT2D eigenvalue weighted by molar-refractivity contribution is 5.33. The smallest absolute Gasteiger partial charge is 0.123 e. The van der Waals surface area contributed by atoms with Crippen LogP contribution >= 0.6 is 0 Å². The third-order valence-electron chi connectivity index (χ3n) is 3.60. The number of ether oxygens (including phenoxy) is 1. The van der Waals surface area contributed by atoms with Gasteiger partial charge in [-0.2, -0.15) is 0 Å². The lowest BCUT2D eigenvalue weighted by atomic mass is 10.1. The molecule has 4 nitrogen and oxygen atoms in total. The first-order valence-electron chi connectivity index (χ1n) is 6.18. The Labute approximate surface area is 101 Å². The zero-order valence-corrected chi connectivity index (χ0v) is 9.80. The van der Waals surface area contributed by atoms with Crippen LogP contribution in [0.3, 0.4) is 0 Å². The molecule has 0 spiro atoms. The van der Waals surface area contributed by atoms with Crippen molar-refractivity contribution in [2.45, 2.75) is 18.7 Å². The molecule has 4 heteroatoms. The average molecular weight is 234 g/mol. The van der Waals surface area contributed by atoms with E-state index in [2.05, 4.69) is 16.3 Å². The summed E-state index contributed by atoms with van der Waals surface area (Å²) >= 11 is 0. The SMILES string of the molecule is OC1CNCC1N1CCOc2ccccc2C1. The van der Waals surface area contributed by atoms with Gasteiger partial charge >= 0.3 is 0 Å². The Kier molecular flexibility index (Phi) is 3.01. The van der Waals surface area contributed by atoms with E-state index in [-0.39, 0.29) is 12.1 Å². The van der Waals surface area contributed by atoms with E-state index in [1.54, 1.807) is 0 Å². The largest absolute Gasteiger partial charge is 0.492 e.